The summed E-state index contributed by atoms with van der Waals surface area (Å²) >= 11 is 0. The smallest absolute Gasteiger partial charge is 0.451 e. The van der Waals surface area contributed by atoms with Gasteiger partial charge >= 0.3 is 13.1 Å². The van der Waals surface area contributed by atoms with E-state index < -0.39 is 13.1 Å². The molecule has 0 aromatic rings. The molecule has 0 spiro atoms. The van der Waals surface area contributed by atoms with Gasteiger partial charge in [-0.3, -0.25) is 9.59 Å². The van der Waals surface area contributed by atoms with E-state index in [1.54, 1.807) is 6.92 Å². The summed E-state index contributed by atoms with van der Waals surface area (Å²) in [5.41, 5.74) is 0. The van der Waals surface area contributed by atoms with Gasteiger partial charge in [0.05, 0.1) is 12.0 Å². The zero-order chi connectivity index (χ0) is 21.2. The van der Waals surface area contributed by atoms with Crippen molar-refractivity contribution >= 4 is 19.0 Å². The van der Waals surface area contributed by atoms with Gasteiger partial charge in [-0.25, -0.2) is 0 Å². The monoisotopic (exact) mass is 388 g/mol. The molecule has 2 fully saturated rings. The first-order chi connectivity index (χ1) is 13.0. The van der Waals surface area contributed by atoms with Gasteiger partial charge in [0.2, 0.25) is 5.91 Å². The number of amides is 1. The maximum atomic E-state index is 11.8. The molecule has 2 aliphatic rings. The van der Waals surface area contributed by atoms with Crippen LogP contribution >= 0.6 is 0 Å². The van der Waals surface area contributed by atoms with Crippen molar-refractivity contribution in [2.24, 2.45) is 11.8 Å². The fourth-order valence-electron chi connectivity index (χ4n) is 3.04. The third-order valence-corrected chi connectivity index (χ3v) is 4.51. The number of nitrogens with one attached hydrogen (secondary N) is 2. The Labute approximate surface area is 165 Å². The van der Waals surface area contributed by atoms with Crippen molar-refractivity contribution in [3.63, 3.8) is 0 Å². The lowest BCUT2D eigenvalue weighted by atomic mass is 9.79. The van der Waals surface area contributed by atoms with Crippen LogP contribution in [0.2, 0.25) is 6.32 Å². The maximum absolute atomic E-state index is 11.8. The van der Waals surface area contributed by atoms with Crippen LogP contribution < -0.4 is 10.6 Å². The number of rotatable bonds is 5. The van der Waals surface area contributed by atoms with Gasteiger partial charge < -0.3 is 25.8 Å². The van der Waals surface area contributed by atoms with E-state index in [2.05, 4.69) is 10.6 Å². The van der Waals surface area contributed by atoms with Gasteiger partial charge in [0.15, 0.2) is 0 Å². The van der Waals surface area contributed by atoms with Crippen LogP contribution in [-0.2, 0) is 9.59 Å². The molecule has 0 aromatic carbocycles. The summed E-state index contributed by atoms with van der Waals surface area (Å²) in [6, 6.07) is -0.0723. The molecule has 0 bridgehead atoms. The van der Waals surface area contributed by atoms with Crippen LogP contribution in [0.1, 0.15) is 73.1 Å². The van der Waals surface area contributed by atoms with E-state index in [0.717, 1.165) is 45.1 Å². The molecule has 1 heterocycles. The summed E-state index contributed by atoms with van der Waals surface area (Å²) < 4.78 is 0. The normalized spacial score (nSPS) is 23.3. The first-order valence-corrected chi connectivity index (χ1v) is 10.6. The molecule has 1 saturated carbocycles. The van der Waals surface area contributed by atoms with Gasteiger partial charge in [0, 0.05) is 6.54 Å². The molecule has 27 heavy (non-hydrogen) atoms. The molecule has 0 radical (unpaired) electrons. The van der Waals surface area contributed by atoms with Crippen LogP contribution in [0.15, 0.2) is 0 Å². The Morgan fingerprint density at radius 1 is 1.04 bits per heavy atom. The third kappa shape index (κ3) is 12.8. The Kier molecular flexibility index (Phi) is 19.0. The van der Waals surface area contributed by atoms with Crippen molar-refractivity contribution in [3.8, 4) is 0 Å². The zero-order valence-electron chi connectivity index (χ0n) is 17.8. The first kappa shape index (κ1) is 28.1. The van der Waals surface area contributed by atoms with Gasteiger partial charge in [0.25, 0.3) is 0 Å². The quantitative estimate of drug-likeness (QED) is 0.461. The fraction of sp³-hybridized carbons (Fsp3) is 0.895. The lowest BCUT2D eigenvalue weighted by Crippen LogP contribution is -2.44. The first-order valence-electron chi connectivity index (χ1n) is 10.6. The van der Waals surface area contributed by atoms with Crippen LogP contribution in [0.25, 0.3) is 0 Å². The number of carbonyl (C=O) groups is 2. The Bertz CT molecular complexity index is 377. The summed E-state index contributed by atoms with van der Waals surface area (Å²) in [6.07, 6.45) is 6.07. The van der Waals surface area contributed by atoms with Crippen LogP contribution in [0.4, 0.5) is 0 Å². The molecule has 3 unspecified atom stereocenters. The van der Waals surface area contributed by atoms with Crippen LogP contribution in [-0.4, -0.2) is 53.3 Å². The second-order valence-electron chi connectivity index (χ2n) is 6.27. The second-order valence-corrected chi connectivity index (χ2v) is 6.27. The highest BCUT2D eigenvalue weighted by Gasteiger charge is 2.31. The third-order valence-electron chi connectivity index (χ3n) is 4.51. The lowest BCUT2D eigenvalue weighted by molar-refractivity contribution is -0.145. The van der Waals surface area contributed by atoms with E-state index in [1.807, 2.05) is 27.7 Å². The number of carbonyl (C=O) groups excluding carboxylic acids is 1. The van der Waals surface area contributed by atoms with Crippen LogP contribution in [0, 0.1) is 11.8 Å². The molecule has 2 rings (SSSR count). The molecule has 1 saturated heterocycles. The minimum absolute atomic E-state index is 0.0298. The highest BCUT2D eigenvalue weighted by atomic mass is 16.4. The highest BCUT2D eigenvalue weighted by molar-refractivity contribution is 6.40. The Morgan fingerprint density at radius 2 is 1.59 bits per heavy atom. The van der Waals surface area contributed by atoms with Crippen molar-refractivity contribution in [1.29, 1.82) is 0 Å². The van der Waals surface area contributed by atoms with E-state index in [9.17, 15) is 9.59 Å². The predicted octanol–water partition coefficient (Wildman–Crippen LogP) is 2.28. The minimum atomic E-state index is -1.12. The van der Waals surface area contributed by atoms with E-state index >= 15 is 0 Å². The van der Waals surface area contributed by atoms with Crippen molar-refractivity contribution in [2.45, 2.75) is 85.5 Å². The molecular weight excluding hydrogens is 347 g/mol. The van der Waals surface area contributed by atoms with Crippen molar-refractivity contribution in [2.75, 3.05) is 13.1 Å². The molecule has 1 aliphatic heterocycles. The van der Waals surface area contributed by atoms with E-state index in [0.29, 0.717) is 12.9 Å². The maximum Gasteiger partial charge on any atom is 0.451 e. The lowest BCUT2D eigenvalue weighted by Gasteiger charge is -2.29. The summed E-state index contributed by atoms with van der Waals surface area (Å²) in [4.78, 5) is 23.0. The molecule has 7 nitrogen and oxygen atoms in total. The average molecular weight is 388 g/mol. The average Bonchev–Trinajstić information content (AvgIpc) is 3.24. The molecule has 8 heteroatoms. The molecule has 5 N–H and O–H groups in total. The summed E-state index contributed by atoms with van der Waals surface area (Å²) in [6.45, 7) is 11.1. The van der Waals surface area contributed by atoms with Crippen LogP contribution in [0.5, 0.6) is 0 Å². The Balaban J connectivity index is 0. The number of aliphatic carboxylic acids is 1. The van der Waals surface area contributed by atoms with Crippen molar-refractivity contribution in [1.82, 2.24) is 10.6 Å². The van der Waals surface area contributed by atoms with Gasteiger partial charge in [-0.15, -0.1) is 0 Å². The van der Waals surface area contributed by atoms with Gasteiger partial charge in [-0.2, -0.15) is 0 Å². The van der Waals surface area contributed by atoms with Crippen LogP contribution in [0.3, 0.4) is 0 Å². The predicted molar refractivity (Wildman–Crippen MR) is 110 cm³/mol. The standard InChI is InChI=1S/C13H22N2O3.C2H7BO2.2C2H6/c16-12(11-6-3-7-14-11)15-8-9-4-1-2-5-10(9)13(17)18;1-2-3(4)5;2*1-2/h9-11,14H,1-8H2,(H,15,16)(H,17,18);4-5H,2H2,1H3;2*1-2H3. The van der Waals surface area contributed by atoms with Gasteiger partial charge in [-0.05, 0) is 44.5 Å². The fourth-order valence-corrected chi connectivity index (χ4v) is 3.04. The van der Waals surface area contributed by atoms with E-state index in [1.165, 1.54) is 0 Å². The molecule has 1 amide bonds. The highest BCUT2D eigenvalue weighted by Crippen LogP contribution is 2.29. The van der Waals surface area contributed by atoms with Crippen molar-refractivity contribution < 1.29 is 24.7 Å². The number of carboxylic acid groups (broad SMARTS) is 1. The number of hydrogen-bond donors (Lipinski definition) is 5. The second kappa shape index (κ2) is 18.3. The van der Waals surface area contributed by atoms with E-state index in [-0.39, 0.29) is 23.8 Å². The van der Waals surface area contributed by atoms with Crippen molar-refractivity contribution in [3.05, 3.63) is 0 Å². The number of hydrogen-bond acceptors (Lipinski definition) is 5. The molecule has 1 aliphatic carbocycles. The van der Waals surface area contributed by atoms with Gasteiger partial charge in [0.1, 0.15) is 0 Å². The largest absolute Gasteiger partial charge is 0.481 e. The summed E-state index contributed by atoms with van der Waals surface area (Å²) in [5.74, 6) is -0.868. The Morgan fingerprint density at radius 3 is 2.04 bits per heavy atom. The minimum Gasteiger partial charge on any atom is -0.481 e. The zero-order valence-corrected chi connectivity index (χ0v) is 17.8. The van der Waals surface area contributed by atoms with Gasteiger partial charge in [-0.1, -0.05) is 47.5 Å². The number of carboxylic acids is 1. The summed E-state index contributed by atoms with van der Waals surface area (Å²) in [5, 5.41) is 31.1. The Hall–Kier alpha value is -1.12. The van der Waals surface area contributed by atoms with E-state index in [4.69, 9.17) is 15.2 Å². The molecular formula is C19H41BN2O5. The SMILES string of the molecule is CC.CC.CCB(O)O.O=C(NCC1CCCCC1C(=O)O)C1CCCN1. The molecule has 0 aromatic heterocycles. The topological polar surface area (TPSA) is 119 Å². The molecule has 3 atom stereocenters. The summed E-state index contributed by atoms with van der Waals surface area (Å²) in [7, 11) is -1.12. The molecule has 160 valence electrons.